The largest absolute Gasteiger partial charge is 0.464 e. The van der Waals surface area contributed by atoms with Gasteiger partial charge < -0.3 is 14.5 Å². The van der Waals surface area contributed by atoms with Crippen LogP contribution < -0.4 is 0 Å². The summed E-state index contributed by atoms with van der Waals surface area (Å²) in [6.45, 7) is 10.2. The number of ether oxygens (including phenoxy) is 1. The van der Waals surface area contributed by atoms with Gasteiger partial charge in [0.1, 0.15) is 27.0 Å². The summed E-state index contributed by atoms with van der Waals surface area (Å²) in [4.78, 5) is 40.7. The minimum atomic E-state index is -0.936. The van der Waals surface area contributed by atoms with Gasteiger partial charge in [-0.2, -0.15) is 0 Å². The number of hydrogen-bond acceptors (Lipinski definition) is 7. The van der Waals surface area contributed by atoms with Crippen molar-refractivity contribution in [2.45, 2.75) is 64.6 Å². The number of likely N-dealkylation sites (N-methyl/N-ethyl adjacent to an activating group) is 1. The summed E-state index contributed by atoms with van der Waals surface area (Å²) in [5, 5.41) is 1.01. The van der Waals surface area contributed by atoms with Crippen LogP contribution in [0.15, 0.2) is 52.1 Å². The van der Waals surface area contributed by atoms with Gasteiger partial charge in [0.05, 0.1) is 17.7 Å². The van der Waals surface area contributed by atoms with E-state index < -0.39 is 22.9 Å². The minimum absolute atomic E-state index is 0.0244. The summed E-state index contributed by atoms with van der Waals surface area (Å²) in [6.07, 6.45) is 2.82. The number of aromatic nitrogens is 1. The number of hydrogen-bond donors (Lipinski definition) is 0. The number of thioether (sulfide) groups is 1. The van der Waals surface area contributed by atoms with Gasteiger partial charge in [-0.1, -0.05) is 49.2 Å². The fraction of sp³-hybridized carbons (Fsp3) is 0.448. The van der Waals surface area contributed by atoms with Crippen molar-refractivity contribution in [1.82, 2.24) is 14.8 Å². The molecule has 1 amide bonds. The van der Waals surface area contributed by atoms with Gasteiger partial charge in [-0.3, -0.25) is 4.79 Å². The lowest BCUT2D eigenvalue weighted by atomic mass is 9.81. The van der Waals surface area contributed by atoms with E-state index in [2.05, 4.69) is 4.98 Å². The predicted molar refractivity (Wildman–Crippen MR) is 155 cm³/mol. The molecule has 7 nitrogen and oxygen atoms in total. The van der Waals surface area contributed by atoms with Crippen LogP contribution in [0, 0.1) is 11.7 Å². The molecule has 0 unspecified atom stereocenters. The molecular weight excluding hydrogens is 574 g/mol. The Morgan fingerprint density at radius 3 is 2.50 bits per heavy atom. The van der Waals surface area contributed by atoms with E-state index in [0.29, 0.717) is 40.2 Å². The fourth-order valence-electron chi connectivity index (χ4n) is 5.72. The number of benzene rings is 1. The topological polar surface area (TPSA) is 75.1 Å². The van der Waals surface area contributed by atoms with Gasteiger partial charge >= 0.3 is 5.97 Å². The Balaban J connectivity index is 1.63. The van der Waals surface area contributed by atoms with Gasteiger partial charge in [-0.15, -0.1) is 0 Å². The molecule has 1 aliphatic carbocycles. The van der Waals surface area contributed by atoms with E-state index in [0.717, 1.165) is 11.3 Å². The molecule has 0 saturated heterocycles. The number of carbonyl (C=O) groups excluding carboxylic acids is 2. The number of halogens is 3. The molecule has 0 spiro atoms. The Hall–Kier alpha value is -2.62. The standard InChI is InChI=1S/C29H31Cl2FN4O3S/c1-6-35(29(12-13-29)26(38)39-7-2)25(37)23-22(16(3)4)36-24(17-8-10-19(30)20(32)14-17)28(5,34-27(36)40-23)18-9-11-21(31)33-15-18/h8-11,14-16,24H,6-7,12-13H2,1-5H3/t24-,28+/m1/s1. The first-order valence-corrected chi connectivity index (χ1v) is 14.9. The van der Waals surface area contributed by atoms with Crippen LogP contribution >= 0.6 is 35.0 Å². The first-order chi connectivity index (χ1) is 19.0. The maximum atomic E-state index is 14.8. The van der Waals surface area contributed by atoms with E-state index in [1.165, 1.54) is 23.9 Å². The molecule has 5 rings (SSSR count). The summed E-state index contributed by atoms with van der Waals surface area (Å²) in [5.41, 5.74) is 0.419. The van der Waals surface area contributed by atoms with Gasteiger partial charge in [0.25, 0.3) is 5.91 Å². The molecule has 2 aromatic rings. The first-order valence-electron chi connectivity index (χ1n) is 13.4. The maximum absolute atomic E-state index is 14.8. The summed E-state index contributed by atoms with van der Waals surface area (Å²) >= 11 is 13.4. The van der Waals surface area contributed by atoms with Crippen molar-refractivity contribution >= 4 is 52.0 Å². The number of aliphatic imine (C=N–C) groups is 1. The molecule has 2 atom stereocenters. The second kappa shape index (κ2) is 10.7. The lowest BCUT2D eigenvalue weighted by Crippen LogP contribution is -2.48. The van der Waals surface area contributed by atoms with Crippen molar-refractivity contribution in [2.24, 2.45) is 10.9 Å². The third-order valence-electron chi connectivity index (χ3n) is 7.78. The van der Waals surface area contributed by atoms with Crippen molar-refractivity contribution < 1.29 is 18.7 Å². The second-order valence-electron chi connectivity index (χ2n) is 10.6. The van der Waals surface area contributed by atoms with Crippen LogP contribution in [0.5, 0.6) is 0 Å². The zero-order valence-corrected chi connectivity index (χ0v) is 25.3. The molecule has 212 valence electrons. The molecular formula is C29H31Cl2FN4O3S. The number of amidine groups is 1. The van der Waals surface area contributed by atoms with E-state index in [4.69, 9.17) is 32.9 Å². The molecule has 3 aliphatic rings. The Morgan fingerprint density at radius 1 is 1.23 bits per heavy atom. The third-order valence-corrected chi connectivity index (χ3v) is 9.37. The quantitative estimate of drug-likeness (QED) is 0.246. The molecule has 1 saturated carbocycles. The molecule has 1 aromatic heterocycles. The highest BCUT2D eigenvalue weighted by atomic mass is 35.5. The fourth-order valence-corrected chi connectivity index (χ4v) is 7.31. The number of rotatable bonds is 8. The Kier molecular flexibility index (Phi) is 7.70. The van der Waals surface area contributed by atoms with E-state index >= 15 is 0 Å². The Labute approximate surface area is 247 Å². The zero-order valence-electron chi connectivity index (χ0n) is 23.0. The first kappa shape index (κ1) is 28.9. The monoisotopic (exact) mass is 604 g/mol. The highest BCUT2D eigenvalue weighted by Crippen LogP contribution is 2.57. The molecule has 2 aliphatic heterocycles. The number of allylic oxidation sites excluding steroid dienone is 1. The van der Waals surface area contributed by atoms with Gasteiger partial charge in [-0.25, -0.2) is 19.2 Å². The predicted octanol–water partition coefficient (Wildman–Crippen LogP) is 6.71. The zero-order chi connectivity index (χ0) is 29.0. The normalized spacial score (nSPS) is 22.9. The number of esters is 1. The minimum Gasteiger partial charge on any atom is -0.464 e. The van der Waals surface area contributed by atoms with Gasteiger partial charge in [0, 0.05) is 24.0 Å². The molecule has 1 fully saturated rings. The van der Waals surface area contributed by atoms with Crippen molar-refractivity contribution in [3.05, 3.63) is 74.3 Å². The average Bonchev–Trinajstić information content (AvgIpc) is 3.55. The van der Waals surface area contributed by atoms with E-state index in [-0.39, 0.29) is 29.4 Å². The van der Waals surface area contributed by atoms with Crippen LogP contribution in [0.1, 0.15) is 64.6 Å². The second-order valence-corrected chi connectivity index (χ2v) is 12.4. The number of amides is 1. The van der Waals surface area contributed by atoms with Crippen molar-refractivity contribution in [1.29, 1.82) is 0 Å². The maximum Gasteiger partial charge on any atom is 0.332 e. The summed E-state index contributed by atoms with van der Waals surface area (Å²) in [7, 11) is 0. The van der Waals surface area contributed by atoms with Crippen LogP contribution in [-0.2, 0) is 19.9 Å². The Morgan fingerprint density at radius 2 is 1.95 bits per heavy atom. The molecule has 0 bridgehead atoms. The highest BCUT2D eigenvalue weighted by Gasteiger charge is 2.59. The van der Waals surface area contributed by atoms with Crippen LogP contribution in [-0.4, -0.2) is 50.5 Å². The van der Waals surface area contributed by atoms with E-state index in [1.54, 1.807) is 30.2 Å². The molecule has 40 heavy (non-hydrogen) atoms. The molecule has 1 aromatic carbocycles. The summed E-state index contributed by atoms with van der Waals surface area (Å²) in [5.74, 6) is -1.21. The molecule has 0 N–H and O–H groups in total. The Bertz CT molecular complexity index is 1430. The smallest absolute Gasteiger partial charge is 0.332 e. The van der Waals surface area contributed by atoms with E-state index in [1.807, 2.05) is 38.7 Å². The van der Waals surface area contributed by atoms with Crippen LogP contribution in [0.3, 0.4) is 0 Å². The van der Waals surface area contributed by atoms with Crippen LogP contribution in [0.25, 0.3) is 0 Å². The number of fused-ring (bicyclic) bond motifs is 1. The van der Waals surface area contributed by atoms with Crippen molar-refractivity contribution in [2.75, 3.05) is 13.2 Å². The van der Waals surface area contributed by atoms with Gasteiger partial charge in [0.15, 0.2) is 5.17 Å². The lowest BCUT2D eigenvalue weighted by Gasteiger charge is -2.37. The molecule has 0 radical (unpaired) electrons. The number of nitrogens with zero attached hydrogens (tertiary/aromatic N) is 4. The summed E-state index contributed by atoms with van der Waals surface area (Å²) < 4.78 is 20.2. The number of pyridine rings is 1. The average molecular weight is 606 g/mol. The third kappa shape index (κ3) is 4.60. The number of carbonyl (C=O) groups is 2. The van der Waals surface area contributed by atoms with Crippen LogP contribution in [0.4, 0.5) is 4.39 Å². The van der Waals surface area contributed by atoms with Gasteiger partial charge in [-0.05, 0) is 75.1 Å². The van der Waals surface area contributed by atoms with Crippen LogP contribution in [0.2, 0.25) is 10.2 Å². The SMILES string of the molecule is CCOC(=O)C1(N(CC)C(=O)C2=C(C(C)C)N3C(=N[C@@](C)(c4ccc(Cl)nc4)[C@H]3c3ccc(Cl)c(F)c3)S2)CC1. The summed E-state index contributed by atoms with van der Waals surface area (Å²) in [6, 6.07) is 7.82. The molecule has 3 heterocycles. The van der Waals surface area contributed by atoms with Crippen molar-refractivity contribution in [3.63, 3.8) is 0 Å². The van der Waals surface area contributed by atoms with E-state index in [9.17, 15) is 14.0 Å². The van der Waals surface area contributed by atoms with Gasteiger partial charge in [0.2, 0.25) is 0 Å². The molecule has 11 heteroatoms. The lowest BCUT2D eigenvalue weighted by molar-refractivity contribution is -0.155. The van der Waals surface area contributed by atoms with Crippen molar-refractivity contribution in [3.8, 4) is 0 Å². The highest BCUT2D eigenvalue weighted by molar-refractivity contribution is 8.18.